The van der Waals surface area contributed by atoms with Gasteiger partial charge in [0.05, 0.1) is 6.10 Å². The summed E-state index contributed by atoms with van der Waals surface area (Å²) in [7, 11) is 0. The Hall–Kier alpha value is -1.10. The van der Waals surface area contributed by atoms with E-state index in [0.717, 1.165) is 0 Å². The predicted molar refractivity (Wildman–Crippen MR) is 44.1 cm³/mol. The molecule has 5 nitrogen and oxygen atoms in total. The van der Waals surface area contributed by atoms with E-state index in [0.29, 0.717) is 13.0 Å². The van der Waals surface area contributed by atoms with Crippen molar-refractivity contribution < 1.29 is 19.8 Å². The van der Waals surface area contributed by atoms with Crippen LogP contribution in [0.1, 0.15) is 19.8 Å². The molecule has 13 heavy (non-hydrogen) atoms. The summed E-state index contributed by atoms with van der Waals surface area (Å²) in [6.45, 7) is 2.01. The van der Waals surface area contributed by atoms with Gasteiger partial charge in [-0.3, -0.25) is 4.79 Å². The zero-order valence-electron chi connectivity index (χ0n) is 7.43. The highest BCUT2D eigenvalue weighted by Crippen LogP contribution is 2.18. The van der Waals surface area contributed by atoms with Crippen molar-refractivity contribution in [2.24, 2.45) is 0 Å². The quantitative estimate of drug-likeness (QED) is 0.607. The minimum Gasteiger partial charge on any atom is -0.480 e. The highest BCUT2D eigenvalue weighted by atomic mass is 16.4. The molecular weight excluding hydrogens is 174 g/mol. The van der Waals surface area contributed by atoms with Crippen LogP contribution >= 0.6 is 0 Å². The van der Waals surface area contributed by atoms with E-state index in [-0.39, 0.29) is 12.3 Å². The monoisotopic (exact) mass is 187 g/mol. The van der Waals surface area contributed by atoms with Gasteiger partial charge in [-0.15, -0.1) is 0 Å². The highest BCUT2D eigenvalue weighted by molar-refractivity contribution is 5.84. The average molecular weight is 187 g/mol. The summed E-state index contributed by atoms with van der Waals surface area (Å²) in [6, 6.07) is -1.05. The Bertz CT molecular complexity index is 228. The number of aliphatic hydroxyl groups excluding tert-OH is 1. The van der Waals surface area contributed by atoms with E-state index in [1.807, 2.05) is 0 Å². The Morgan fingerprint density at radius 3 is 2.62 bits per heavy atom. The maximum Gasteiger partial charge on any atom is 0.329 e. The van der Waals surface area contributed by atoms with Crippen LogP contribution in [0.2, 0.25) is 0 Å². The van der Waals surface area contributed by atoms with Crippen molar-refractivity contribution in [2.45, 2.75) is 31.9 Å². The lowest BCUT2D eigenvalue weighted by Crippen LogP contribution is -2.44. The van der Waals surface area contributed by atoms with Gasteiger partial charge in [-0.1, -0.05) is 6.92 Å². The lowest BCUT2D eigenvalue weighted by atomic mass is 10.2. The van der Waals surface area contributed by atoms with Gasteiger partial charge in [0, 0.05) is 13.0 Å². The van der Waals surface area contributed by atoms with Gasteiger partial charge in [0.1, 0.15) is 0 Å². The number of carboxylic acids is 1. The molecule has 0 aromatic rings. The first kappa shape index (κ1) is 9.98. The summed E-state index contributed by atoms with van der Waals surface area (Å²) in [6.07, 6.45) is -0.299. The van der Waals surface area contributed by atoms with Crippen LogP contribution < -0.4 is 0 Å². The Morgan fingerprint density at radius 2 is 2.15 bits per heavy atom. The van der Waals surface area contributed by atoms with Gasteiger partial charge in [-0.05, 0) is 6.42 Å². The summed E-state index contributed by atoms with van der Waals surface area (Å²) in [5, 5.41) is 18.0. The fourth-order valence-electron chi connectivity index (χ4n) is 1.56. The van der Waals surface area contributed by atoms with E-state index in [4.69, 9.17) is 5.11 Å². The van der Waals surface area contributed by atoms with Gasteiger partial charge in [0.15, 0.2) is 6.04 Å². The number of aliphatic carboxylic acids is 1. The number of carbonyl (C=O) groups is 2. The SMILES string of the molecule is CCC(=O)N1CCC(O)[C@@H]1C(=O)O. The van der Waals surface area contributed by atoms with Crippen LogP contribution in [-0.2, 0) is 9.59 Å². The molecule has 0 radical (unpaired) electrons. The van der Waals surface area contributed by atoms with Gasteiger partial charge in [-0.2, -0.15) is 0 Å². The maximum absolute atomic E-state index is 11.2. The second-order valence-electron chi connectivity index (χ2n) is 3.08. The zero-order chi connectivity index (χ0) is 10.0. The normalized spacial score (nSPS) is 27.7. The largest absolute Gasteiger partial charge is 0.480 e. The molecule has 1 aliphatic rings. The van der Waals surface area contributed by atoms with Crippen molar-refractivity contribution in [3.05, 3.63) is 0 Å². The molecule has 5 heteroatoms. The van der Waals surface area contributed by atoms with Crippen molar-refractivity contribution in [1.82, 2.24) is 4.90 Å². The molecule has 0 bridgehead atoms. The summed E-state index contributed by atoms with van der Waals surface area (Å²) in [5.74, 6) is -1.35. The van der Waals surface area contributed by atoms with Gasteiger partial charge >= 0.3 is 5.97 Å². The summed E-state index contributed by atoms with van der Waals surface area (Å²) in [5.41, 5.74) is 0. The first-order valence-electron chi connectivity index (χ1n) is 4.28. The van der Waals surface area contributed by atoms with Crippen molar-refractivity contribution in [3.8, 4) is 0 Å². The van der Waals surface area contributed by atoms with Crippen LogP contribution in [0.5, 0.6) is 0 Å². The molecule has 74 valence electrons. The summed E-state index contributed by atoms with van der Waals surface area (Å²) in [4.78, 5) is 23.1. The van der Waals surface area contributed by atoms with E-state index in [1.54, 1.807) is 6.92 Å². The molecule has 1 heterocycles. The number of likely N-dealkylation sites (tertiary alicyclic amines) is 1. The number of aliphatic hydroxyl groups is 1. The van der Waals surface area contributed by atoms with Crippen LogP contribution in [0, 0.1) is 0 Å². The van der Waals surface area contributed by atoms with Gasteiger partial charge in [0.25, 0.3) is 0 Å². The minimum atomic E-state index is -1.13. The van der Waals surface area contributed by atoms with Crippen LogP contribution in [0.15, 0.2) is 0 Å². The lowest BCUT2D eigenvalue weighted by Gasteiger charge is -2.21. The third-order valence-electron chi connectivity index (χ3n) is 2.24. The number of hydrogen-bond acceptors (Lipinski definition) is 3. The molecule has 1 fully saturated rings. The van der Waals surface area contributed by atoms with Crippen LogP contribution in [-0.4, -0.2) is 45.7 Å². The molecule has 2 atom stereocenters. The van der Waals surface area contributed by atoms with Crippen LogP contribution in [0.4, 0.5) is 0 Å². The molecular formula is C8H13NO4. The minimum absolute atomic E-state index is 0.219. The highest BCUT2D eigenvalue weighted by Gasteiger charge is 2.40. The van der Waals surface area contributed by atoms with Crippen molar-refractivity contribution in [3.63, 3.8) is 0 Å². The average Bonchev–Trinajstić information content (AvgIpc) is 2.45. The van der Waals surface area contributed by atoms with Crippen LogP contribution in [0.25, 0.3) is 0 Å². The van der Waals surface area contributed by atoms with E-state index < -0.39 is 18.1 Å². The first-order chi connectivity index (χ1) is 6.07. The molecule has 0 aromatic heterocycles. The summed E-state index contributed by atoms with van der Waals surface area (Å²) < 4.78 is 0. The fourth-order valence-corrected chi connectivity index (χ4v) is 1.56. The number of amides is 1. The van der Waals surface area contributed by atoms with Crippen molar-refractivity contribution in [1.29, 1.82) is 0 Å². The zero-order valence-corrected chi connectivity index (χ0v) is 7.43. The Balaban J connectivity index is 2.75. The number of carboxylic acid groups (broad SMARTS) is 1. The number of rotatable bonds is 2. The Labute approximate surface area is 76.0 Å². The van der Waals surface area contributed by atoms with Gasteiger partial charge < -0.3 is 15.1 Å². The third-order valence-corrected chi connectivity index (χ3v) is 2.24. The number of carbonyl (C=O) groups excluding carboxylic acids is 1. The molecule has 0 spiro atoms. The number of nitrogens with zero attached hydrogens (tertiary/aromatic N) is 1. The van der Waals surface area contributed by atoms with Crippen LogP contribution in [0.3, 0.4) is 0 Å². The second kappa shape index (κ2) is 3.74. The van der Waals surface area contributed by atoms with Gasteiger partial charge in [-0.25, -0.2) is 4.79 Å². The van der Waals surface area contributed by atoms with E-state index >= 15 is 0 Å². The topological polar surface area (TPSA) is 77.8 Å². The van der Waals surface area contributed by atoms with E-state index in [9.17, 15) is 14.7 Å². The maximum atomic E-state index is 11.2. The summed E-state index contributed by atoms with van der Waals surface area (Å²) >= 11 is 0. The van der Waals surface area contributed by atoms with E-state index in [2.05, 4.69) is 0 Å². The molecule has 1 aliphatic heterocycles. The van der Waals surface area contributed by atoms with E-state index in [1.165, 1.54) is 4.90 Å². The number of hydrogen-bond donors (Lipinski definition) is 2. The molecule has 2 N–H and O–H groups in total. The lowest BCUT2D eigenvalue weighted by molar-refractivity contribution is -0.150. The third kappa shape index (κ3) is 1.80. The molecule has 1 saturated heterocycles. The fraction of sp³-hybridized carbons (Fsp3) is 0.750. The standard InChI is InChI=1S/C8H13NO4/c1-2-6(11)9-4-3-5(10)7(9)8(12)13/h5,7,10H,2-4H2,1H3,(H,12,13)/t5?,7-/m1/s1. The van der Waals surface area contributed by atoms with Crippen molar-refractivity contribution >= 4 is 11.9 Å². The Morgan fingerprint density at radius 1 is 1.54 bits per heavy atom. The second-order valence-corrected chi connectivity index (χ2v) is 3.08. The first-order valence-corrected chi connectivity index (χ1v) is 4.28. The molecule has 0 aromatic carbocycles. The molecule has 1 unspecified atom stereocenters. The van der Waals surface area contributed by atoms with Gasteiger partial charge in [0.2, 0.25) is 5.91 Å². The molecule has 0 aliphatic carbocycles. The smallest absolute Gasteiger partial charge is 0.329 e. The Kier molecular flexibility index (Phi) is 2.87. The molecule has 1 amide bonds. The van der Waals surface area contributed by atoms with Crippen molar-refractivity contribution in [2.75, 3.05) is 6.54 Å². The molecule has 0 saturated carbocycles. The predicted octanol–water partition coefficient (Wildman–Crippen LogP) is -0.557. The molecule has 1 rings (SSSR count).